The topological polar surface area (TPSA) is 65.4 Å². The SMILES string of the molecule is C=C1C=C(OCCN2CCC3(CC2)C(=O)Nc2ccc(Cl)cc23)C=C(C(F)(F)F)C1=N. The molecule has 31 heavy (non-hydrogen) atoms. The quantitative estimate of drug-likeness (QED) is 0.703. The van der Waals surface area contributed by atoms with Gasteiger partial charge in [0.05, 0.1) is 16.7 Å². The number of carbonyl (C=O) groups is 1. The number of ether oxygens (including phenoxy) is 1. The van der Waals surface area contributed by atoms with Crippen LogP contribution in [0.4, 0.5) is 18.9 Å². The van der Waals surface area contributed by atoms with Crippen molar-refractivity contribution in [2.45, 2.75) is 24.4 Å². The summed E-state index contributed by atoms with van der Waals surface area (Å²) in [4.78, 5) is 14.8. The normalized spacial score (nSPS) is 21.0. The first-order valence-corrected chi connectivity index (χ1v) is 10.2. The summed E-state index contributed by atoms with van der Waals surface area (Å²) in [6.07, 6.45) is -1.20. The average molecular weight is 452 g/mol. The highest BCUT2D eigenvalue weighted by Gasteiger charge is 2.48. The number of carbonyl (C=O) groups excluding carboxylic acids is 1. The van der Waals surface area contributed by atoms with Gasteiger partial charge in [0, 0.05) is 17.3 Å². The lowest BCUT2D eigenvalue weighted by molar-refractivity contribution is -0.122. The van der Waals surface area contributed by atoms with Crippen molar-refractivity contribution in [1.29, 1.82) is 5.41 Å². The van der Waals surface area contributed by atoms with E-state index in [4.69, 9.17) is 21.7 Å². The summed E-state index contributed by atoms with van der Waals surface area (Å²) in [6, 6.07) is 5.41. The molecule has 4 rings (SSSR count). The van der Waals surface area contributed by atoms with Gasteiger partial charge in [0.2, 0.25) is 5.91 Å². The van der Waals surface area contributed by atoms with Crippen LogP contribution in [0, 0.1) is 5.41 Å². The molecule has 0 unspecified atom stereocenters. The summed E-state index contributed by atoms with van der Waals surface area (Å²) in [5.41, 5.74) is -0.593. The third-order valence-corrected chi connectivity index (χ3v) is 6.30. The minimum Gasteiger partial charge on any atom is -0.492 e. The molecule has 1 spiro atoms. The number of nitrogens with zero attached hydrogens (tertiary/aromatic N) is 1. The van der Waals surface area contributed by atoms with Crippen LogP contribution >= 0.6 is 11.6 Å². The van der Waals surface area contributed by atoms with Crippen LogP contribution in [-0.2, 0) is 14.9 Å². The average Bonchev–Trinajstić information content (AvgIpc) is 2.96. The molecule has 0 atom stereocenters. The molecule has 0 aromatic heterocycles. The summed E-state index contributed by atoms with van der Waals surface area (Å²) in [7, 11) is 0. The number of alkyl halides is 3. The van der Waals surface area contributed by atoms with Crippen LogP contribution in [0.5, 0.6) is 0 Å². The number of benzene rings is 1. The van der Waals surface area contributed by atoms with Crippen LogP contribution in [-0.4, -0.2) is 48.9 Å². The zero-order valence-electron chi connectivity index (χ0n) is 16.6. The standard InChI is InChI=1S/C22H21ClF3N3O2/c1-13-10-15(12-17(19(13)27)22(24,25)26)31-9-8-29-6-4-21(5-7-29)16-11-14(23)2-3-18(16)28-20(21)30/h2-3,10-12,27H,1,4-9H2,(H,28,30). The van der Waals surface area contributed by atoms with Crippen LogP contribution in [0.25, 0.3) is 0 Å². The predicted molar refractivity (Wildman–Crippen MR) is 112 cm³/mol. The Balaban J connectivity index is 1.35. The molecule has 1 amide bonds. The van der Waals surface area contributed by atoms with E-state index >= 15 is 0 Å². The van der Waals surface area contributed by atoms with Crippen LogP contribution in [0.3, 0.4) is 0 Å². The lowest BCUT2D eigenvalue weighted by Crippen LogP contribution is -2.47. The Kier molecular flexibility index (Phi) is 5.47. The molecular weight excluding hydrogens is 431 g/mol. The zero-order valence-corrected chi connectivity index (χ0v) is 17.4. The number of fused-ring (bicyclic) bond motifs is 2. The Morgan fingerprint density at radius 3 is 2.65 bits per heavy atom. The lowest BCUT2D eigenvalue weighted by atomic mass is 9.73. The lowest BCUT2D eigenvalue weighted by Gasteiger charge is -2.38. The van der Waals surface area contributed by atoms with Crippen LogP contribution in [0.1, 0.15) is 18.4 Å². The van der Waals surface area contributed by atoms with Gasteiger partial charge in [0.1, 0.15) is 12.4 Å². The fourth-order valence-electron chi connectivity index (χ4n) is 4.31. The van der Waals surface area contributed by atoms with E-state index in [1.54, 1.807) is 6.07 Å². The highest BCUT2D eigenvalue weighted by atomic mass is 35.5. The van der Waals surface area contributed by atoms with Crippen molar-refractivity contribution in [1.82, 2.24) is 4.90 Å². The molecule has 2 N–H and O–H groups in total. The number of piperidine rings is 1. The third kappa shape index (κ3) is 4.02. The molecule has 1 aromatic carbocycles. The van der Waals surface area contributed by atoms with Crippen molar-refractivity contribution in [3.8, 4) is 0 Å². The number of hydrogen-bond acceptors (Lipinski definition) is 4. The first kappa shape index (κ1) is 21.6. The second kappa shape index (κ2) is 7.84. The second-order valence-corrected chi connectivity index (χ2v) is 8.36. The predicted octanol–water partition coefficient (Wildman–Crippen LogP) is 4.60. The van der Waals surface area contributed by atoms with Gasteiger partial charge in [-0.15, -0.1) is 0 Å². The Morgan fingerprint density at radius 1 is 1.26 bits per heavy atom. The number of nitrogens with one attached hydrogen (secondary N) is 2. The summed E-state index contributed by atoms with van der Waals surface area (Å²) in [6.45, 7) is 5.51. The molecule has 9 heteroatoms. The Morgan fingerprint density at radius 2 is 1.97 bits per heavy atom. The van der Waals surface area contributed by atoms with E-state index in [-0.39, 0.29) is 23.8 Å². The van der Waals surface area contributed by atoms with Crippen molar-refractivity contribution < 1.29 is 22.7 Å². The number of halogens is 4. The highest BCUT2D eigenvalue weighted by molar-refractivity contribution is 6.31. The van der Waals surface area contributed by atoms with E-state index in [0.29, 0.717) is 37.5 Å². The molecule has 2 aliphatic heterocycles. The van der Waals surface area contributed by atoms with Crippen molar-refractivity contribution >= 4 is 28.9 Å². The van der Waals surface area contributed by atoms with E-state index in [9.17, 15) is 18.0 Å². The smallest absolute Gasteiger partial charge is 0.418 e. The maximum Gasteiger partial charge on any atom is 0.418 e. The van der Waals surface area contributed by atoms with E-state index in [2.05, 4.69) is 16.8 Å². The van der Waals surface area contributed by atoms with E-state index in [1.165, 1.54) is 6.08 Å². The fraction of sp³-hybridized carbons (Fsp3) is 0.364. The fourth-order valence-corrected chi connectivity index (χ4v) is 4.48. The van der Waals surface area contributed by atoms with Gasteiger partial charge in [-0.3, -0.25) is 15.1 Å². The number of hydrogen-bond donors (Lipinski definition) is 2. The minimum atomic E-state index is -4.63. The number of anilines is 1. The molecule has 1 aliphatic carbocycles. The maximum atomic E-state index is 13.1. The van der Waals surface area contributed by atoms with Gasteiger partial charge < -0.3 is 10.1 Å². The number of allylic oxidation sites excluding steroid dienone is 4. The van der Waals surface area contributed by atoms with Gasteiger partial charge in [-0.05, 0) is 67.4 Å². The molecule has 1 fully saturated rings. The monoisotopic (exact) mass is 451 g/mol. The number of rotatable bonds is 4. The third-order valence-electron chi connectivity index (χ3n) is 6.06. The number of amides is 1. The first-order valence-electron chi connectivity index (χ1n) is 9.85. The molecule has 1 aromatic rings. The van der Waals surface area contributed by atoms with E-state index in [1.807, 2.05) is 12.1 Å². The largest absolute Gasteiger partial charge is 0.492 e. The maximum absolute atomic E-state index is 13.1. The first-order chi connectivity index (χ1) is 14.6. The summed E-state index contributed by atoms with van der Waals surface area (Å²) in [5.74, 6) is 0.0272. The molecule has 3 aliphatic rings. The molecule has 1 saturated heterocycles. The van der Waals surface area contributed by atoms with Gasteiger partial charge in [0.15, 0.2) is 0 Å². The van der Waals surface area contributed by atoms with Crippen LogP contribution < -0.4 is 5.32 Å². The van der Waals surface area contributed by atoms with Crippen LogP contribution in [0.2, 0.25) is 5.02 Å². The van der Waals surface area contributed by atoms with Gasteiger partial charge in [-0.2, -0.15) is 13.2 Å². The van der Waals surface area contributed by atoms with Gasteiger partial charge in [-0.25, -0.2) is 0 Å². The van der Waals surface area contributed by atoms with Crippen molar-refractivity contribution in [3.63, 3.8) is 0 Å². The summed E-state index contributed by atoms with van der Waals surface area (Å²) < 4.78 is 44.8. The van der Waals surface area contributed by atoms with Gasteiger partial charge in [0.25, 0.3) is 0 Å². The molecule has 0 radical (unpaired) electrons. The highest BCUT2D eigenvalue weighted by Crippen LogP contribution is 2.45. The van der Waals surface area contributed by atoms with E-state index in [0.717, 1.165) is 17.3 Å². The van der Waals surface area contributed by atoms with Crippen molar-refractivity contribution in [2.24, 2.45) is 0 Å². The summed E-state index contributed by atoms with van der Waals surface area (Å²) in [5, 5.41) is 11.1. The molecular formula is C22H21ClF3N3O2. The van der Waals surface area contributed by atoms with E-state index < -0.39 is 22.9 Å². The van der Waals surface area contributed by atoms with Crippen LogP contribution in [0.15, 0.2) is 53.8 Å². The van der Waals surface area contributed by atoms with Gasteiger partial charge >= 0.3 is 6.18 Å². The second-order valence-electron chi connectivity index (χ2n) is 7.92. The van der Waals surface area contributed by atoms with Crippen molar-refractivity contribution in [2.75, 3.05) is 31.6 Å². The zero-order chi connectivity index (χ0) is 22.4. The Labute approximate surface area is 182 Å². The van der Waals surface area contributed by atoms with Gasteiger partial charge in [-0.1, -0.05) is 18.2 Å². The Hall–Kier alpha value is -2.58. The number of likely N-dealkylation sites (tertiary alicyclic amines) is 1. The molecule has 5 nitrogen and oxygen atoms in total. The molecule has 0 saturated carbocycles. The molecule has 2 heterocycles. The minimum absolute atomic E-state index is 0.0150. The Bertz CT molecular complexity index is 1020. The molecule has 164 valence electrons. The summed E-state index contributed by atoms with van der Waals surface area (Å²) >= 11 is 6.14. The molecule has 0 bridgehead atoms. The van der Waals surface area contributed by atoms with Crippen molar-refractivity contribution in [3.05, 3.63) is 64.4 Å².